The van der Waals surface area contributed by atoms with Crippen molar-refractivity contribution in [1.29, 1.82) is 0 Å². The van der Waals surface area contributed by atoms with E-state index >= 15 is 0 Å². The van der Waals surface area contributed by atoms with Crippen LogP contribution < -0.4 is 22.3 Å². The fraction of sp³-hybridized carbons (Fsp3) is 0.371. The number of aryl methyl sites for hydroxylation is 1. The molecule has 1 unspecified atom stereocenters. The van der Waals surface area contributed by atoms with Gasteiger partial charge < -0.3 is 20.7 Å². The molecule has 2 heterocycles. The molecule has 45 heavy (non-hydrogen) atoms. The first-order chi connectivity index (χ1) is 21.8. The second kappa shape index (κ2) is 15.0. The van der Waals surface area contributed by atoms with Crippen LogP contribution in [0.4, 0.5) is 5.69 Å². The number of piperidine rings is 1. The molecule has 1 atom stereocenters. The number of nitrogens with zero attached hydrogens (tertiary/aromatic N) is 2. The first kappa shape index (κ1) is 31.9. The van der Waals surface area contributed by atoms with Crippen LogP contribution in [0.3, 0.4) is 0 Å². The van der Waals surface area contributed by atoms with Crippen LogP contribution in [0.2, 0.25) is 0 Å². The number of hydrogen-bond donors (Lipinski definition) is 3. The van der Waals surface area contributed by atoms with Gasteiger partial charge in [-0.3, -0.25) is 23.9 Å². The first-order valence-corrected chi connectivity index (χ1v) is 15.7. The molecule has 0 spiro atoms. The summed E-state index contributed by atoms with van der Waals surface area (Å²) in [5, 5.41) is 3.04. The Kier molecular flexibility index (Phi) is 10.6. The van der Waals surface area contributed by atoms with Crippen LogP contribution in [0.1, 0.15) is 56.3 Å². The van der Waals surface area contributed by atoms with Crippen molar-refractivity contribution in [2.75, 3.05) is 25.0 Å². The lowest BCUT2D eigenvalue weighted by atomic mass is 10.00. The lowest BCUT2D eigenvalue weighted by Gasteiger charge is -2.34. The number of anilines is 1. The van der Waals surface area contributed by atoms with Crippen molar-refractivity contribution in [3.05, 3.63) is 111 Å². The fourth-order valence-corrected chi connectivity index (χ4v) is 6.01. The largest absolute Gasteiger partial charge is 0.369 e. The number of H-pyrrole nitrogens is 1. The number of nitrogens with one attached hydrogen (secondary N) is 2. The Morgan fingerprint density at radius 2 is 1.56 bits per heavy atom. The highest BCUT2D eigenvalue weighted by Gasteiger charge is 2.25. The maximum absolute atomic E-state index is 12.8. The average Bonchev–Trinajstić information content (AvgIpc) is 3.04. The molecule has 10 nitrogen and oxygen atoms in total. The topological polar surface area (TPSA) is 140 Å². The van der Waals surface area contributed by atoms with Gasteiger partial charge in [-0.2, -0.15) is 0 Å². The molecule has 1 fully saturated rings. The molecule has 1 aromatic heterocycles. The van der Waals surface area contributed by atoms with Crippen LogP contribution in [0.5, 0.6) is 0 Å². The van der Waals surface area contributed by atoms with E-state index in [4.69, 9.17) is 10.5 Å². The van der Waals surface area contributed by atoms with E-state index < -0.39 is 29.0 Å². The van der Waals surface area contributed by atoms with Crippen LogP contribution in [-0.4, -0.2) is 52.0 Å². The van der Waals surface area contributed by atoms with Crippen LogP contribution >= 0.6 is 0 Å². The quantitative estimate of drug-likeness (QED) is 0.153. The standard InChI is InChI=1S/C35H41N5O5/c1-2-28(32(36)41)33(42)37-26-15-16-29-30(23-26)40(35(44)38-34(29)43)20-10-9-19-39-21-17-27(18-22-39)45-31(24-11-5-3-6-12-24)25-13-7-4-8-14-25/h3-8,11-16,23,27-28,31H,2,9-10,17-22H2,1H3,(H2,36,41)(H,37,42)(H,38,43,44). The molecular formula is C35H41N5O5. The van der Waals surface area contributed by atoms with Gasteiger partial charge in [-0.1, -0.05) is 67.6 Å². The van der Waals surface area contributed by atoms with Gasteiger partial charge in [0, 0.05) is 25.3 Å². The Labute approximate surface area is 262 Å². The zero-order chi connectivity index (χ0) is 31.8. The molecular weight excluding hydrogens is 570 g/mol. The third-order valence-electron chi connectivity index (χ3n) is 8.51. The van der Waals surface area contributed by atoms with Gasteiger partial charge in [0.2, 0.25) is 11.8 Å². The van der Waals surface area contributed by atoms with Crippen molar-refractivity contribution in [2.45, 2.75) is 57.8 Å². The second-order valence-electron chi connectivity index (χ2n) is 11.6. The smallest absolute Gasteiger partial charge is 0.328 e. The van der Waals surface area contributed by atoms with Gasteiger partial charge in [0.1, 0.15) is 12.0 Å². The molecule has 236 valence electrons. The lowest BCUT2D eigenvalue weighted by molar-refractivity contribution is -0.130. The molecule has 0 aliphatic carbocycles. The predicted molar refractivity (Wildman–Crippen MR) is 175 cm³/mol. The highest BCUT2D eigenvalue weighted by Crippen LogP contribution is 2.30. The highest BCUT2D eigenvalue weighted by atomic mass is 16.5. The molecule has 1 aliphatic rings. The molecule has 0 radical (unpaired) electrons. The number of carbonyl (C=O) groups is 2. The second-order valence-corrected chi connectivity index (χ2v) is 11.6. The van der Waals surface area contributed by atoms with E-state index in [9.17, 15) is 19.2 Å². The summed E-state index contributed by atoms with van der Waals surface area (Å²) in [7, 11) is 0. The van der Waals surface area contributed by atoms with Gasteiger partial charge in [0.25, 0.3) is 5.56 Å². The lowest BCUT2D eigenvalue weighted by Crippen LogP contribution is -2.38. The van der Waals surface area contributed by atoms with Crippen molar-refractivity contribution < 1.29 is 14.3 Å². The summed E-state index contributed by atoms with van der Waals surface area (Å²) in [5.41, 5.74) is 7.49. The monoisotopic (exact) mass is 611 g/mol. The number of unbranched alkanes of at least 4 members (excludes halogenated alkanes) is 1. The third kappa shape index (κ3) is 7.95. The van der Waals surface area contributed by atoms with Gasteiger partial charge in [-0.05, 0) is 68.0 Å². The van der Waals surface area contributed by atoms with E-state index in [2.05, 4.69) is 39.5 Å². The number of aromatic nitrogens is 2. The number of ether oxygens (including phenoxy) is 1. The molecule has 4 aromatic rings. The molecule has 1 aliphatic heterocycles. The summed E-state index contributed by atoms with van der Waals surface area (Å²) in [6.07, 6.45) is 3.85. The number of aromatic amines is 1. The number of primary amides is 1. The van der Waals surface area contributed by atoms with Gasteiger partial charge in [0.05, 0.1) is 17.0 Å². The number of amides is 2. The van der Waals surface area contributed by atoms with Gasteiger partial charge in [-0.25, -0.2) is 4.79 Å². The number of hydrogen-bond acceptors (Lipinski definition) is 6. The molecule has 3 aromatic carbocycles. The van der Waals surface area contributed by atoms with E-state index in [0.29, 0.717) is 23.1 Å². The molecule has 1 saturated heterocycles. The molecule has 0 bridgehead atoms. The number of likely N-dealkylation sites (tertiary alicyclic amines) is 1. The minimum Gasteiger partial charge on any atom is -0.369 e. The predicted octanol–water partition coefficient (Wildman–Crippen LogP) is 4.19. The summed E-state index contributed by atoms with van der Waals surface area (Å²) in [5.74, 6) is -2.19. The number of fused-ring (bicyclic) bond motifs is 1. The zero-order valence-electron chi connectivity index (χ0n) is 25.6. The van der Waals surface area contributed by atoms with Crippen LogP contribution in [0.25, 0.3) is 10.9 Å². The number of nitrogens with two attached hydrogens (primary N) is 1. The van der Waals surface area contributed by atoms with Crippen molar-refractivity contribution >= 4 is 28.4 Å². The molecule has 5 rings (SSSR count). The number of benzene rings is 3. The summed E-state index contributed by atoms with van der Waals surface area (Å²) < 4.78 is 8.21. The number of carbonyl (C=O) groups excluding carboxylic acids is 2. The summed E-state index contributed by atoms with van der Waals surface area (Å²) in [6.45, 7) is 4.90. The summed E-state index contributed by atoms with van der Waals surface area (Å²) in [4.78, 5) is 54.3. The molecule has 10 heteroatoms. The minimum atomic E-state index is -0.965. The normalized spacial score (nSPS) is 14.9. The maximum Gasteiger partial charge on any atom is 0.328 e. The van der Waals surface area contributed by atoms with Crippen molar-refractivity contribution in [3.8, 4) is 0 Å². The Morgan fingerprint density at radius 1 is 0.933 bits per heavy atom. The van der Waals surface area contributed by atoms with Gasteiger partial charge in [0.15, 0.2) is 0 Å². The maximum atomic E-state index is 12.8. The van der Waals surface area contributed by atoms with E-state index in [1.54, 1.807) is 25.1 Å². The highest BCUT2D eigenvalue weighted by molar-refractivity contribution is 6.06. The molecule has 2 amide bonds. The summed E-state index contributed by atoms with van der Waals surface area (Å²) in [6, 6.07) is 25.4. The van der Waals surface area contributed by atoms with Crippen molar-refractivity contribution in [3.63, 3.8) is 0 Å². The Bertz CT molecular complexity index is 1670. The van der Waals surface area contributed by atoms with Crippen molar-refractivity contribution in [1.82, 2.24) is 14.5 Å². The van der Waals surface area contributed by atoms with Crippen LogP contribution in [0, 0.1) is 5.92 Å². The third-order valence-corrected chi connectivity index (χ3v) is 8.51. The fourth-order valence-electron chi connectivity index (χ4n) is 6.01. The zero-order valence-corrected chi connectivity index (χ0v) is 25.6. The Hall–Kier alpha value is -4.54. The van der Waals surface area contributed by atoms with Crippen molar-refractivity contribution in [2.24, 2.45) is 11.7 Å². The van der Waals surface area contributed by atoms with E-state index in [-0.39, 0.29) is 18.6 Å². The minimum absolute atomic E-state index is 0.0977. The Balaban J connectivity index is 1.16. The summed E-state index contributed by atoms with van der Waals surface area (Å²) >= 11 is 0. The van der Waals surface area contributed by atoms with Crippen LogP contribution in [-0.2, 0) is 20.9 Å². The molecule has 4 N–H and O–H groups in total. The average molecular weight is 612 g/mol. The van der Waals surface area contributed by atoms with Gasteiger partial charge in [-0.15, -0.1) is 0 Å². The van der Waals surface area contributed by atoms with Crippen LogP contribution in [0.15, 0.2) is 88.5 Å². The first-order valence-electron chi connectivity index (χ1n) is 15.7. The van der Waals surface area contributed by atoms with E-state index in [1.165, 1.54) is 4.57 Å². The van der Waals surface area contributed by atoms with E-state index in [1.807, 2.05) is 36.4 Å². The SMILES string of the molecule is CCC(C(N)=O)C(=O)Nc1ccc2c(=O)[nH]c(=O)n(CCCCN3CCC(OC(c4ccccc4)c4ccccc4)CC3)c2c1. The molecule has 0 saturated carbocycles. The van der Waals surface area contributed by atoms with Gasteiger partial charge >= 0.3 is 5.69 Å². The number of rotatable bonds is 13. The van der Waals surface area contributed by atoms with E-state index in [0.717, 1.165) is 56.4 Å². The Morgan fingerprint density at radius 3 is 2.16 bits per heavy atom.